The van der Waals surface area contributed by atoms with E-state index in [0.717, 1.165) is 10.0 Å². The number of rotatable bonds is 1. The normalized spacial score (nSPS) is 17.7. The van der Waals surface area contributed by atoms with Crippen molar-refractivity contribution < 1.29 is 9.53 Å². The number of piperidine rings is 1. The molecule has 1 fully saturated rings. The summed E-state index contributed by atoms with van der Waals surface area (Å²) in [5.41, 5.74) is 0.00520. The number of benzene rings is 1. The summed E-state index contributed by atoms with van der Waals surface area (Å²) < 4.78 is 6.41. The lowest BCUT2D eigenvalue weighted by molar-refractivity contribution is 0.0182. The summed E-state index contributed by atoms with van der Waals surface area (Å²) in [5.74, 6) is 0. The Morgan fingerprint density at radius 2 is 1.82 bits per heavy atom. The molecule has 4 nitrogen and oxygen atoms in total. The van der Waals surface area contributed by atoms with E-state index in [1.54, 1.807) is 4.90 Å². The van der Waals surface area contributed by atoms with Crippen molar-refractivity contribution in [2.75, 3.05) is 13.1 Å². The minimum atomic E-state index is -0.529. The minimum Gasteiger partial charge on any atom is -0.444 e. The van der Waals surface area contributed by atoms with Gasteiger partial charge in [-0.05, 0) is 45.0 Å². The Bertz CT molecular complexity index is 576. The Labute approximate surface area is 140 Å². The predicted molar refractivity (Wildman–Crippen MR) is 89.5 cm³/mol. The first-order valence-electron chi connectivity index (χ1n) is 7.38. The summed E-state index contributed by atoms with van der Waals surface area (Å²) in [6, 6.07) is 7.90. The van der Waals surface area contributed by atoms with E-state index in [-0.39, 0.29) is 6.09 Å². The molecule has 0 N–H and O–H groups in total. The highest BCUT2D eigenvalue weighted by Gasteiger charge is 2.43. The minimum absolute atomic E-state index is 0.290. The van der Waals surface area contributed by atoms with Crippen LogP contribution < -0.4 is 0 Å². The van der Waals surface area contributed by atoms with Crippen LogP contribution in [0.25, 0.3) is 4.85 Å². The molecule has 1 aliphatic rings. The number of nitrogens with zero attached hydrogens (tertiary/aromatic N) is 2. The van der Waals surface area contributed by atoms with Crippen LogP contribution in [-0.2, 0) is 10.3 Å². The lowest BCUT2D eigenvalue weighted by Gasteiger charge is -2.35. The van der Waals surface area contributed by atoms with Crippen LogP contribution in [0.15, 0.2) is 28.7 Å². The average molecular weight is 365 g/mol. The zero-order valence-electron chi connectivity index (χ0n) is 13.2. The van der Waals surface area contributed by atoms with Gasteiger partial charge in [0.1, 0.15) is 5.60 Å². The van der Waals surface area contributed by atoms with Gasteiger partial charge < -0.3 is 14.5 Å². The van der Waals surface area contributed by atoms with Gasteiger partial charge in [-0.15, -0.1) is 0 Å². The lowest BCUT2D eigenvalue weighted by atomic mass is 9.82. The van der Waals surface area contributed by atoms with Crippen LogP contribution in [0, 0.1) is 6.57 Å². The molecule has 0 unspecified atom stereocenters. The smallest absolute Gasteiger partial charge is 0.410 e. The summed E-state index contributed by atoms with van der Waals surface area (Å²) in [5, 5.41) is 0. The maximum absolute atomic E-state index is 12.1. The van der Waals surface area contributed by atoms with Crippen LogP contribution in [-0.4, -0.2) is 29.7 Å². The Balaban J connectivity index is 2.07. The average Bonchev–Trinajstić information content (AvgIpc) is 2.46. The quantitative estimate of drug-likeness (QED) is 0.682. The zero-order valence-corrected chi connectivity index (χ0v) is 14.8. The van der Waals surface area contributed by atoms with Gasteiger partial charge in [0, 0.05) is 36.0 Å². The van der Waals surface area contributed by atoms with Gasteiger partial charge >= 0.3 is 6.09 Å². The molecule has 1 aromatic rings. The number of hydrogen-bond donors (Lipinski definition) is 0. The molecule has 0 radical (unpaired) electrons. The Morgan fingerprint density at radius 3 is 2.27 bits per heavy atom. The Kier molecular flexibility index (Phi) is 4.81. The van der Waals surface area contributed by atoms with Crippen molar-refractivity contribution in [1.29, 1.82) is 0 Å². The van der Waals surface area contributed by atoms with Crippen LogP contribution >= 0.6 is 15.9 Å². The van der Waals surface area contributed by atoms with E-state index in [1.165, 1.54) is 0 Å². The maximum Gasteiger partial charge on any atom is 0.410 e. The van der Waals surface area contributed by atoms with Crippen LogP contribution in [0.2, 0.25) is 0 Å². The molecule has 118 valence electrons. The van der Waals surface area contributed by atoms with Gasteiger partial charge in [0.15, 0.2) is 0 Å². The highest BCUT2D eigenvalue weighted by atomic mass is 79.9. The molecule has 1 aromatic carbocycles. The molecule has 22 heavy (non-hydrogen) atoms. The van der Waals surface area contributed by atoms with Gasteiger partial charge in [0.2, 0.25) is 0 Å². The van der Waals surface area contributed by atoms with Crippen molar-refractivity contribution in [3.63, 3.8) is 0 Å². The van der Waals surface area contributed by atoms with E-state index in [1.807, 2.05) is 45.0 Å². The first-order valence-corrected chi connectivity index (χ1v) is 8.18. The summed E-state index contributed by atoms with van der Waals surface area (Å²) in [6.07, 6.45) is 0.983. The van der Waals surface area contributed by atoms with Crippen LogP contribution in [0.4, 0.5) is 4.79 Å². The molecule has 0 aromatic heterocycles. The summed E-state index contributed by atoms with van der Waals surface area (Å²) in [6.45, 7) is 14.3. The van der Waals surface area contributed by atoms with Crippen LogP contribution in [0.3, 0.4) is 0 Å². The summed E-state index contributed by atoms with van der Waals surface area (Å²) in [4.78, 5) is 17.7. The second-order valence-corrected chi connectivity index (χ2v) is 7.53. The van der Waals surface area contributed by atoms with Gasteiger partial charge in [-0.25, -0.2) is 11.4 Å². The largest absolute Gasteiger partial charge is 0.444 e. The third kappa shape index (κ3) is 3.80. The third-order valence-corrected chi connectivity index (χ3v) is 4.37. The molecule has 0 atom stereocenters. The van der Waals surface area contributed by atoms with Crippen LogP contribution in [0.1, 0.15) is 39.2 Å². The molecule has 0 spiro atoms. The second kappa shape index (κ2) is 6.29. The fourth-order valence-electron chi connectivity index (χ4n) is 2.61. The number of ether oxygens (including phenoxy) is 1. The van der Waals surface area contributed by atoms with Gasteiger partial charge in [-0.2, -0.15) is 0 Å². The number of amides is 1. The number of halogens is 1. The Hall–Kier alpha value is -1.54. The standard InChI is InChI=1S/C17H21BrN2O2/c1-16(2,3)22-15(21)20-11-9-17(19-4,10-12-20)13-5-7-14(18)8-6-13/h5-8H,9-12H2,1-3H3. The fourth-order valence-corrected chi connectivity index (χ4v) is 2.88. The molecule has 1 amide bonds. The lowest BCUT2D eigenvalue weighted by Crippen LogP contribution is -2.45. The monoisotopic (exact) mass is 364 g/mol. The summed E-state index contributed by atoms with van der Waals surface area (Å²) >= 11 is 3.42. The highest BCUT2D eigenvalue weighted by Crippen LogP contribution is 2.37. The molecule has 1 saturated heterocycles. The molecule has 0 bridgehead atoms. The maximum atomic E-state index is 12.1. The van der Waals surface area contributed by atoms with E-state index < -0.39 is 11.1 Å². The third-order valence-electron chi connectivity index (χ3n) is 3.84. The molecular weight excluding hydrogens is 344 g/mol. The SMILES string of the molecule is [C-]#[N+]C1(c2ccc(Br)cc2)CCN(C(=O)OC(C)(C)C)CC1. The van der Waals surface area contributed by atoms with E-state index in [0.29, 0.717) is 25.9 Å². The highest BCUT2D eigenvalue weighted by molar-refractivity contribution is 9.10. The van der Waals surface area contributed by atoms with E-state index >= 15 is 0 Å². The number of carbonyl (C=O) groups is 1. The predicted octanol–water partition coefficient (Wildman–Crippen LogP) is 4.59. The van der Waals surface area contributed by atoms with Crippen molar-refractivity contribution >= 4 is 22.0 Å². The topological polar surface area (TPSA) is 33.9 Å². The fraction of sp³-hybridized carbons (Fsp3) is 0.529. The van der Waals surface area contributed by atoms with E-state index in [4.69, 9.17) is 11.3 Å². The van der Waals surface area contributed by atoms with Crippen molar-refractivity contribution in [2.24, 2.45) is 0 Å². The van der Waals surface area contributed by atoms with E-state index in [9.17, 15) is 4.79 Å². The molecule has 2 rings (SSSR count). The molecule has 0 aliphatic carbocycles. The molecule has 0 saturated carbocycles. The van der Waals surface area contributed by atoms with Crippen molar-refractivity contribution in [3.05, 3.63) is 45.7 Å². The molecule has 1 aliphatic heterocycles. The molecule has 1 heterocycles. The summed E-state index contributed by atoms with van der Waals surface area (Å²) in [7, 11) is 0. The number of carbonyl (C=O) groups excluding carboxylic acids is 1. The van der Waals surface area contributed by atoms with Crippen molar-refractivity contribution in [1.82, 2.24) is 4.90 Å². The first-order chi connectivity index (χ1) is 10.3. The Morgan fingerprint density at radius 1 is 1.27 bits per heavy atom. The number of likely N-dealkylation sites (tertiary alicyclic amines) is 1. The van der Waals surface area contributed by atoms with Crippen molar-refractivity contribution in [3.8, 4) is 0 Å². The van der Waals surface area contributed by atoms with Gasteiger partial charge in [0.05, 0.1) is 0 Å². The van der Waals surface area contributed by atoms with Crippen molar-refractivity contribution in [2.45, 2.75) is 44.8 Å². The van der Waals surface area contributed by atoms with E-state index in [2.05, 4.69) is 20.8 Å². The van der Waals surface area contributed by atoms with Crippen LogP contribution in [0.5, 0.6) is 0 Å². The van der Waals surface area contributed by atoms with Gasteiger partial charge in [0.25, 0.3) is 5.54 Å². The molecular formula is C17H21BrN2O2. The second-order valence-electron chi connectivity index (χ2n) is 6.62. The number of hydrogen-bond acceptors (Lipinski definition) is 2. The molecule has 5 heteroatoms. The first kappa shape index (κ1) is 16.8. The van der Waals surface area contributed by atoms with Gasteiger partial charge in [-0.1, -0.05) is 15.9 Å². The van der Waals surface area contributed by atoms with Gasteiger partial charge in [-0.3, -0.25) is 0 Å². The zero-order chi connectivity index (χ0) is 16.4.